The summed E-state index contributed by atoms with van der Waals surface area (Å²) in [5, 5.41) is 11.5. The summed E-state index contributed by atoms with van der Waals surface area (Å²) in [6.07, 6.45) is 6.31. The zero-order chi connectivity index (χ0) is 11.3. The third kappa shape index (κ3) is 3.43. The molecule has 0 aliphatic carbocycles. The van der Waals surface area contributed by atoms with Crippen LogP contribution in [0.3, 0.4) is 0 Å². The molecule has 0 fully saturated rings. The van der Waals surface area contributed by atoms with E-state index in [9.17, 15) is 10.1 Å². The van der Waals surface area contributed by atoms with Gasteiger partial charge in [0.25, 0.3) is 5.69 Å². The van der Waals surface area contributed by atoms with Crippen LogP contribution in [0.5, 0.6) is 0 Å². The summed E-state index contributed by atoms with van der Waals surface area (Å²) in [6.45, 7) is 1.63. The Balaban J connectivity index is 2.92. The Hall–Kier alpha value is -1.23. The molecule has 0 aromatic carbocycles. The van der Waals surface area contributed by atoms with E-state index in [1.54, 1.807) is 13.1 Å². The first-order chi connectivity index (χ1) is 7.15. The Bertz CT molecular complexity index is 391. The van der Waals surface area contributed by atoms with Gasteiger partial charge in [-0.15, -0.1) is 0 Å². The summed E-state index contributed by atoms with van der Waals surface area (Å²) in [5.74, 6) is 0. The van der Waals surface area contributed by atoms with Gasteiger partial charge in [-0.2, -0.15) is 0 Å². The second kappa shape index (κ2) is 5.60. The van der Waals surface area contributed by atoms with Gasteiger partial charge in [-0.3, -0.25) is 15.1 Å². The van der Waals surface area contributed by atoms with Crippen LogP contribution in [-0.4, -0.2) is 15.2 Å². The molecule has 0 aliphatic rings. The lowest BCUT2D eigenvalue weighted by Crippen LogP contribution is -1.94. The Labute approximate surface area is 96.3 Å². The Morgan fingerprint density at radius 3 is 3.00 bits per heavy atom. The van der Waals surface area contributed by atoms with Crippen molar-refractivity contribution < 1.29 is 4.92 Å². The second-order valence-corrected chi connectivity index (χ2v) is 3.80. The van der Waals surface area contributed by atoms with E-state index >= 15 is 0 Å². The molecule has 0 radical (unpaired) electrons. The van der Waals surface area contributed by atoms with E-state index in [2.05, 4.69) is 20.9 Å². The quantitative estimate of drug-likeness (QED) is 0.480. The standard InChI is InChI=1S/C10H11BrN2O2/c1-8-10(13(14)15)6-9(7-12-8)4-2-3-5-11/h2,4,6-7H,3,5H2,1H3. The number of nitro groups is 1. The number of nitrogens with zero attached hydrogens (tertiary/aromatic N) is 2. The maximum absolute atomic E-state index is 10.6. The highest BCUT2D eigenvalue weighted by molar-refractivity contribution is 9.09. The number of hydrogen-bond acceptors (Lipinski definition) is 3. The Kier molecular flexibility index (Phi) is 4.42. The summed E-state index contributed by atoms with van der Waals surface area (Å²) in [5.41, 5.74) is 1.27. The van der Waals surface area contributed by atoms with E-state index in [-0.39, 0.29) is 5.69 Å². The van der Waals surface area contributed by atoms with Gasteiger partial charge in [-0.1, -0.05) is 28.1 Å². The van der Waals surface area contributed by atoms with Crippen LogP contribution in [0.1, 0.15) is 17.7 Å². The number of alkyl halides is 1. The SMILES string of the molecule is Cc1ncc(C=CCCBr)cc1[N+](=O)[O-]. The number of rotatable bonds is 4. The highest BCUT2D eigenvalue weighted by atomic mass is 79.9. The monoisotopic (exact) mass is 270 g/mol. The molecular formula is C10H11BrN2O2. The number of pyridine rings is 1. The minimum Gasteiger partial charge on any atom is -0.258 e. The van der Waals surface area contributed by atoms with Crippen LogP contribution in [0.4, 0.5) is 5.69 Å². The van der Waals surface area contributed by atoms with Crippen LogP contribution >= 0.6 is 15.9 Å². The first-order valence-corrected chi connectivity index (χ1v) is 5.61. The van der Waals surface area contributed by atoms with E-state index in [1.165, 1.54) is 6.07 Å². The molecule has 1 aromatic heterocycles. The van der Waals surface area contributed by atoms with Crippen molar-refractivity contribution in [3.05, 3.63) is 39.7 Å². The third-order valence-electron chi connectivity index (χ3n) is 1.86. The Morgan fingerprint density at radius 1 is 1.67 bits per heavy atom. The Morgan fingerprint density at radius 2 is 2.40 bits per heavy atom. The highest BCUT2D eigenvalue weighted by Crippen LogP contribution is 2.17. The van der Waals surface area contributed by atoms with Crippen molar-refractivity contribution in [2.75, 3.05) is 5.33 Å². The van der Waals surface area contributed by atoms with Crippen LogP contribution in [-0.2, 0) is 0 Å². The molecule has 0 saturated carbocycles. The predicted molar refractivity (Wildman–Crippen MR) is 63.1 cm³/mol. The number of hydrogen-bond donors (Lipinski definition) is 0. The molecule has 0 spiro atoms. The second-order valence-electron chi connectivity index (χ2n) is 3.01. The first kappa shape index (κ1) is 11.8. The zero-order valence-corrected chi connectivity index (χ0v) is 9.90. The fourth-order valence-corrected chi connectivity index (χ4v) is 1.36. The molecule has 1 rings (SSSR count). The molecule has 1 aromatic rings. The molecule has 0 saturated heterocycles. The fourth-order valence-electron chi connectivity index (χ4n) is 1.10. The number of allylic oxidation sites excluding steroid dienone is 1. The molecule has 0 bridgehead atoms. The van der Waals surface area contributed by atoms with Gasteiger partial charge in [0.2, 0.25) is 0 Å². The summed E-state index contributed by atoms with van der Waals surface area (Å²) < 4.78 is 0. The van der Waals surface area contributed by atoms with Gasteiger partial charge in [0, 0.05) is 17.6 Å². The molecule has 0 amide bonds. The number of aromatic nitrogens is 1. The minimum absolute atomic E-state index is 0.0657. The van der Waals surface area contributed by atoms with Crippen molar-refractivity contribution >= 4 is 27.7 Å². The predicted octanol–water partition coefficient (Wildman–Crippen LogP) is 3.10. The van der Waals surface area contributed by atoms with Gasteiger partial charge in [0.15, 0.2) is 0 Å². The van der Waals surface area contributed by atoms with Crippen molar-refractivity contribution in [3.8, 4) is 0 Å². The van der Waals surface area contributed by atoms with Gasteiger partial charge >= 0.3 is 0 Å². The van der Waals surface area contributed by atoms with Crippen LogP contribution in [0.2, 0.25) is 0 Å². The third-order valence-corrected chi connectivity index (χ3v) is 2.32. The average Bonchev–Trinajstić information content (AvgIpc) is 2.20. The molecule has 1 heterocycles. The van der Waals surface area contributed by atoms with Gasteiger partial charge < -0.3 is 0 Å². The smallest absolute Gasteiger partial charge is 0.258 e. The van der Waals surface area contributed by atoms with E-state index < -0.39 is 4.92 Å². The maximum Gasteiger partial charge on any atom is 0.291 e. The van der Waals surface area contributed by atoms with Gasteiger partial charge in [0.05, 0.1) is 4.92 Å². The topological polar surface area (TPSA) is 56.0 Å². The molecule has 80 valence electrons. The summed E-state index contributed by atoms with van der Waals surface area (Å²) in [6, 6.07) is 1.53. The lowest BCUT2D eigenvalue weighted by molar-refractivity contribution is -0.385. The van der Waals surface area contributed by atoms with Gasteiger partial charge in [-0.25, -0.2) is 0 Å². The molecule has 15 heavy (non-hydrogen) atoms. The number of aryl methyl sites for hydroxylation is 1. The lowest BCUT2D eigenvalue weighted by Gasteiger charge is -1.97. The molecule has 0 N–H and O–H groups in total. The maximum atomic E-state index is 10.6. The van der Waals surface area contributed by atoms with E-state index in [4.69, 9.17) is 0 Å². The molecule has 0 unspecified atom stereocenters. The summed E-state index contributed by atoms with van der Waals surface area (Å²) in [7, 11) is 0. The molecule has 0 aliphatic heterocycles. The summed E-state index contributed by atoms with van der Waals surface area (Å²) >= 11 is 3.30. The normalized spacial score (nSPS) is 10.8. The van der Waals surface area contributed by atoms with Crippen molar-refractivity contribution in [1.29, 1.82) is 0 Å². The molecule has 0 atom stereocenters. The zero-order valence-electron chi connectivity index (χ0n) is 8.31. The van der Waals surface area contributed by atoms with E-state index in [1.807, 2.05) is 12.2 Å². The van der Waals surface area contributed by atoms with Crippen molar-refractivity contribution in [2.24, 2.45) is 0 Å². The van der Waals surface area contributed by atoms with Gasteiger partial charge in [0.1, 0.15) is 5.69 Å². The largest absolute Gasteiger partial charge is 0.291 e. The number of halogens is 1. The van der Waals surface area contributed by atoms with Crippen LogP contribution < -0.4 is 0 Å². The highest BCUT2D eigenvalue weighted by Gasteiger charge is 2.10. The van der Waals surface area contributed by atoms with Crippen molar-refractivity contribution in [3.63, 3.8) is 0 Å². The first-order valence-electron chi connectivity index (χ1n) is 4.48. The van der Waals surface area contributed by atoms with Crippen LogP contribution in [0, 0.1) is 17.0 Å². The fraction of sp³-hybridized carbons (Fsp3) is 0.300. The average molecular weight is 271 g/mol. The minimum atomic E-state index is -0.413. The van der Waals surface area contributed by atoms with Crippen molar-refractivity contribution in [1.82, 2.24) is 4.98 Å². The molecular weight excluding hydrogens is 260 g/mol. The van der Waals surface area contributed by atoms with Gasteiger partial charge in [-0.05, 0) is 18.9 Å². The lowest BCUT2D eigenvalue weighted by atomic mass is 10.2. The molecule has 5 heteroatoms. The van der Waals surface area contributed by atoms with E-state index in [0.29, 0.717) is 5.69 Å². The van der Waals surface area contributed by atoms with Crippen LogP contribution in [0.25, 0.3) is 6.08 Å². The van der Waals surface area contributed by atoms with E-state index in [0.717, 1.165) is 17.3 Å². The van der Waals surface area contributed by atoms with Crippen molar-refractivity contribution in [2.45, 2.75) is 13.3 Å². The van der Waals surface area contributed by atoms with Crippen LogP contribution in [0.15, 0.2) is 18.3 Å². The summed E-state index contributed by atoms with van der Waals surface area (Å²) in [4.78, 5) is 14.2. The molecule has 4 nitrogen and oxygen atoms in total.